The van der Waals surface area contributed by atoms with Crippen LogP contribution in [-0.4, -0.2) is 59.3 Å². The van der Waals surface area contributed by atoms with Crippen LogP contribution in [0.4, 0.5) is 5.69 Å². The van der Waals surface area contributed by atoms with Gasteiger partial charge in [-0.1, -0.05) is 26.0 Å². The fraction of sp³-hybridized carbons (Fsp3) is 0.429. The smallest absolute Gasteiger partial charge is 0.289 e. The molecule has 0 saturated carbocycles. The minimum atomic E-state index is -0.411. The molecule has 2 heterocycles. The number of furan rings is 1. The zero-order valence-corrected chi connectivity index (χ0v) is 20.0. The number of nitro benzene ring substituents is 1. The van der Waals surface area contributed by atoms with Crippen molar-refractivity contribution in [3.63, 3.8) is 0 Å². The highest BCUT2D eigenvalue weighted by molar-refractivity contribution is 14.0. The molecule has 0 bridgehead atoms. The highest BCUT2D eigenvalue weighted by Gasteiger charge is 2.25. The zero-order valence-electron chi connectivity index (χ0n) is 17.7. The van der Waals surface area contributed by atoms with Gasteiger partial charge in [-0.2, -0.15) is 0 Å². The van der Waals surface area contributed by atoms with Crippen molar-refractivity contribution in [3.05, 3.63) is 64.1 Å². The Morgan fingerprint density at radius 3 is 2.35 bits per heavy atom. The molecule has 9 nitrogen and oxygen atoms in total. The summed E-state index contributed by atoms with van der Waals surface area (Å²) in [5, 5.41) is 14.2. The van der Waals surface area contributed by atoms with Gasteiger partial charge in [0.2, 0.25) is 0 Å². The summed E-state index contributed by atoms with van der Waals surface area (Å²) in [6.07, 6.45) is 1.50. The van der Waals surface area contributed by atoms with Gasteiger partial charge >= 0.3 is 0 Å². The lowest BCUT2D eigenvalue weighted by atomic mass is 10.2. The number of carbonyl (C=O) groups excluding carboxylic acids is 1. The monoisotopic (exact) mass is 541 g/mol. The average Bonchev–Trinajstić information content (AvgIpc) is 3.28. The molecular weight excluding hydrogens is 513 g/mol. The molecule has 1 aromatic carbocycles. The van der Waals surface area contributed by atoms with E-state index in [1.54, 1.807) is 29.2 Å². The first-order valence-electron chi connectivity index (χ1n) is 10.0. The Bertz CT molecular complexity index is 876. The normalized spacial score (nSPS) is 14.4. The molecule has 0 aliphatic carbocycles. The number of piperazine rings is 1. The van der Waals surface area contributed by atoms with Crippen LogP contribution < -0.4 is 5.32 Å². The molecule has 1 amide bonds. The number of non-ortho nitro benzene ring substituents is 1. The predicted octanol–water partition coefficient (Wildman–Crippen LogP) is 3.37. The number of hydrogen-bond acceptors (Lipinski definition) is 5. The lowest BCUT2D eigenvalue weighted by Crippen LogP contribution is -2.54. The van der Waals surface area contributed by atoms with Crippen LogP contribution in [0.1, 0.15) is 30.0 Å². The molecular formula is C21H28IN5O4. The summed E-state index contributed by atoms with van der Waals surface area (Å²) in [7, 11) is 0. The lowest BCUT2D eigenvalue weighted by Gasteiger charge is -2.36. The quantitative estimate of drug-likeness (QED) is 0.198. The molecule has 2 aromatic rings. The van der Waals surface area contributed by atoms with Crippen molar-refractivity contribution in [1.82, 2.24) is 15.1 Å². The van der Waals surface area contributed by atoms with Crippen molar-refractivity contribution in [1.29, 1.82) is 0 Å². The number of aliphatic imine (C=N–C) groups is 1. The van der Waals surface area contributed by atoms with Gasteiger partial charge in [-0.15, -0.1) is 24.0 Å². The average molecular weight is 541 g/mol. The Hall–Kier alpha value is -2.63. The minimum Gasteiger partial charge on any atom is -0.459 e. The first kappa shape index (κ1) is 24.6. The first-order valence-corrected chi connectivity index (χ1v) is 10.0. The minimum absolute atomic E-state index is 0. The number of guanidine groups is 1. The van der Waals surface area contributed by atoms with Crippen molar-refractivity contribution in [2.75, 3.05) is 32.7 Å². The fourth-order valence-corrected chi connectivity index (χ4v) is 3.13. The van der Waals surface area contributed by atoms with E-state index in [2.05, 4.69) is 24.1 Å². The molecule has 1 aliphatic rings. The Labute approximate surface area is 198 Å². The second-order valence-electron chi connectivity index (χ2n) is 7.59. The van der Waals surface area contributed by atoms with E-state index in [0.717, 1.165) is 18.1 Å². The van der Waals surface area contributed by atoms with Gasteiger partial charge in [-0.25, -0.2) is 4.99 Å². The molecule has 0 radical (unpaired) electrons. The first-order chi connectivity index (χ1) is 14.4. The van der Waals surface area contributed by atoms with Crippen molar-refractivity contribution in [3.8, 4) is 0 Å². The van der Waals surface area contributed by atoms with E-state index in [9.17, 15) is 14.9 Å². The number of rotatable bonds is 6. The number of hydrogen-bond donors (Lipinski definition) is 1. The fourth-order valence-electron chi connectivity index (χ4n) is 3.13. The van der Waals surface area contributed by atoms with E-state index in [-0.39, 0.29) is 35.6 Å². The lowest BCUT2D eigenvalue weighted by molar-refractivity contribution is -0.384. The molecule has 0 unspecified atom stereocenters. The second kappa shape index (κ2) is 11.7. The predicted molar refractivity (Wildman–Crippen MR) is 129 cm³/mol. The molecule has 3 rings (SSSR count). The number of nitrogens with zero attached hydrogens (tertiary/aromatic N) is 4. The molecule has 168 valence electrons. The summed E-state index contributed by atoms with van der Waals surface area (Å²) in [5.41, 5.74) is 0.967. The summed E-state index contributed by atoms with van der Waals surface area (Å²) >= 11 is 0. The number of benzene rings is 1. The van der Waals surface area contributed by atoms with Crippen LogP contribution in [0.3, 0.4) is 0 Å². The van der Waals surface area contributed by atoms with E-state index in [0.29, 0.717) is 44.4 Å². The summed E-state index contributed by atoms with van der Waals surface area (Å²) in [5.74, 6) is 1.50. The van der Waals surface area contributed by atoms with E-state index >= 15 is 0 Å². The molecule has 10 heteroatoms. The van der Waals surface area contributed by atoms with Gasteiger partial charge in [0, 0.05) is 44.9 Å². The van der Waals surface area contributed by atoms with Crippen LogP contribution in [0.25, 0.3) is 0 Å². The number of nitro groups is 1. The molecule has 1 aromatic heterocycles. The number of amides is 1. The summed E-state index contributed by atoms with van der Waals surface area (Å²) in [4.78, 5) is 31.5. The van der Waals surface area contributed by atoms with Crippen LogP contribution in [0.5, 0.6) is 0 Å². The van der Waals surface area contributed by atoms with Gasteiger partial charge in [-0.3, -0.25) is 14.9 Å². The molecule has 1 saturated heterocycles. The standard InChI is InChI=1S/C21H27N5O4.HI/c1-16(2)14-22-21(23-15-17-5-7-18(8-6-17)26(28)29)25-11-9-24(10-12-25)20(27)19-4-3-13-30-19;/h3-8,13,16H,9-12,14-15H2,1-2H3,(H,22,23);1H. The third-order valence-corrected chi connectivity index (χ3v) is 4.83. The third kappa shape index (κ3) is 6.94. The third-order valence-electron chi connectivity index (χ3n) is 4.83. The Morgan fingerprint density at radius 1 is 1.16 bits per heavy atom. The summed E-state index contributed by atoms with van der Waals surface area (Å²) in [6, 6.07) is 9.82. The second-order valence-corrected chi connectivity index (χ2v) is 7.59. The maximum absolute atomic E-state index is 12.5. The molecule has 0 atom stereocenters. The highest BCUT2D eigenvalue weighted by Crippen LogP contribution is 2.13. The zero-order chi connectivity index (χ0) is 21.5. The number of halogens is 1. The van der Waals surface area contributed by atoms with Gasteiger partial charge in [0.1, 0.15) is 0 Å². The topological polar surface area (TPSA) is 104 Å². The molecule has 1 aliphatic heterocycles. The highest BCUT2D eigenvalue weighted by atomic mass is 127. The summed E-state index contributed by atoms with van der Waals surface area (Å²) < 4.78 is 5.22. The van der Waals surface area contributed by atoms with Gasteiger partial charge < -0.3 is 19.5 Å². The van der Waals surface area contributed by atoms with Crippen molar-refractivity contribution >= 4 is 41.5 Å². The molecule has 0 spiro atoms. The number of nitrogens with one attached hydrogen (secondary N) is 1. The maximum Gasteiger partial charge on any atom is 0.289 e. The van der Waals surface area contributed by atoms with Crippen molar-refractivity contribution in [2.24, 2.45) is 10.9 Å². The van der Waals surface area contributed by atoms with Crippen LogP contribution >= 0.6 is 24.0 Å². The van der Waals surface area contributed by atoms with E-state index in [4.69, 9.17) is 9.41 Å². The largest absolute Gasteiger partial charge is 0.459 e. The Morgan fingerprint density at radius 2 is 1.81 bits per heavy atom. The van der Waals surface area contributed by atoms with Crippen molar-refractivity contribution < 1.29 is 14.1 Å². The molecule has 1 fully saturated rings. The van der Waals surface area contributed by atoms with Crippen LogP contribution in [0, 0.1) is 16.0 Å². The van der Waals surface area contributed by atoms with E-state index in [1.807, 2.05) is 0 Å². The molecule has 31 heavy (non-hydrogen) atoms. The number of carbonyl (C=O) groups is 1. The van der Waals surface area contributed by atoms with Gasteiger partial charge in [-0.05, 0) is 23.6 Å². The maximum atomic E-state index is 12.5. The van der Waals surface area contributed by atoms with E-state index in [1.165, 1.54) is 18.4 Å². The van der Waals surface area contributed by atoms with Gasteiger partial charge in [0.15, 0.2) is 11.7 Å². The summed E-state index contributed by atoms with van der Waals surface area (Å²) in [6.45, 7) is 7.95. The van der Waals surface area contributed by atoms with Crippen LogP contribution in [0.2, 0.25) is 0 Å². The van der Waals surface area contributed by atoms with Gasteiger partial charge in [0.25, 0.3) is 11.6 Å². The van der Waals surface area contributed by atoms with Gasteiger partial charge in [0.05, 0.1) is 17.7 Å². The SMILES string of the molecule is CC(C)CNC(=NCc1ccc([N+](=O)[O-])cc1)N1CCN(C(=O)c2ccco2)CC1.I. The Balaban J connectivity index is 0.00000341. The van der Waals surface area contributed by atoms with Crippen LogP contribution in [0.15, 0.2) is 52.1 Å². The van der Waals surface area contributed by atoms with E-state index < -0.39 is 4.92 Å². The van der Waals surface area contributed by atoms with Crippen molar-refractivity contribution in [2.45, 2.75) is 20.4 Å². The Kier molecular flexibility index (Phi) is 9.28. The van der Waals surface area contributed by atoms with Crippen LogP contribution in [-0.2, 0) is 6.54 Å². The molecule has 1 N–H and O–H groups in total.